The summed E-state index contributed by atoms with van der Waals surface area (Å²) >= 11 is 0. The molecule has 0 saturated heterocycles. The van der Waals surface area contributed by atoms with Gasteiger partial charge in [0.1, 0.15) is 0 Å². The maximum Gasteiger partial charge on any atom is 0.0487 e. The number of rotatable bonds is 11. The van der Waals surface area contributed by atoms with Crippen LogP contribution in [0.4, 0.5) is 0 Å². The van der Waals surface area contributed by atoms with Crippen molar-refractivity contribution in [2.45, 2.75) is 39.0 Å². The van der Waals surface area contributed by atoms with Gasteiger partial charge in [-0.3, -0.25) is 0 Å². The molecular weight excluding hydrogens is 180 g/mol. The van der Waals surface area contributed by atoms with E-state index < -0.39 is 0 Å². The van der Waals surface area contributed by atoms with Gasteiger partial charge in [0.2, 0.25) is 0 Å². The van der Waals surface area contributed by atoms with Crippen LogP contribution in [0.2, 0.25) is 0 Å². The number of ether oxygens (including phenoxy) is 2. The molecule has 14 heavy (non-hydrogen) atoms. The largest absolute Gasteiger partial charge is 0.396 e. The molecule has 0 heterocycles. The Labute approximate surface area is 87.4 Å². The predicted molar refractivity (Wildman–Crippen MR) is 57.5 cm³/mol. The summed E-state index contributed by atoms with van der Waals surface area (Å²) in [6.07, 6.45) is 5.23. The van der Waals surface area contributed by atoms with Crippen molar-refractivity contribution in [3.8, 4) is 0 Å². The molecule has 0 radical (unpaired) electrons. The highest BCUT2D eigenvalue weighted by atomic mass is 16.5. The lowest BCUT2D eigenvalue weighted by molar-refractivity contribution is 0.0938. The molecule has 0 amide bonds. The van der Waals surface area contributed by atoms with E-state index in [1.54, 1.807) is 0 Å². The van der Waals surface area contributed by atoms with Crippen molar-refractivity contribution < 1.29 is 14.6 Å². The lowest BCUT2D eigenvalue weighted by atomic mass is 10.3. The number of aliphatic hydroxyl groups is 1. The molecule has 3 heteroatoms. The molecule has 3 nitrogen and oxygen atoms in total. The maximum absolute atomic E-state index is 8.49. The lowest BCUT2D eigenvalue weighted by Gasteiger charge is -2.04. The van der Waals surface area contributed by atoms with Gasteiger partial charge in [0.15, 0.2) is 0 Å². The van der Waals surface area contributed by atoms with Gasteiger partial charge in [0.25, 0.3) is 0 Å². The van der Waals surface area contributed by atoms with Crippen molar-refractivity contribution in [2.75, 3.05) is 33.0 Å². The summed E-state index contributed by atoms with van der Waals surface area (Å²) in [4.78, 5) is 0. The Hall–Kier alpha value is -0.120. The van der Waals surface area contributed by atoms with E-state index in [1.807, 2.05) is 0 Å². The molecule has 0 fully saturated rings. The first-order chi connectivity index (χ1) is 6.91. The molecule has 0 spiro atoms. The normalized spacial score (nSPS) is 10.7. The first-order valence-electron chi connectivity index (χ1n) is 5.68. The molecule has 0 unspecified atom stereocenters. The Kier molecular flexibility index (Phi) is 12.8. The summed E-state index contributed by atoms with van der Waals surface area (Å²) in [5.74, 6) is 0. The fraction of sp³-hybridized carbons (Fsp3) is 1.00. The van der Waals surface area contributed by atoms with Crippen molar-refractivity contribution in [3.05, 3.63) is 0 Å². The number of hydrogen-bond donors (Lipinski definition) is 1. The van der Waals surface area contributed by atoms with Crippen molar-refractivity contribution >= 4 is 0 Å². The number of unbranched alkanes of at least 4 members (excludes halogenated alkanes) is 2. The Bertz CT molecular complexity index is 84.5. The van der Waals surface area contributed by atoms with Crippen LogP contribution in [0.1, 0.15) is 39.0 Å². The minimum absolute atomic E-state index is 0.222. The van der Waals surface area contributed by atoms with E-state index in [4.69, 9.17) is 14.6 Å². The molecule has 0 aromatic rings. The average molecular weight is 204 g/mol. The summed E-state index contributed by atoms with van der Waals surface area (Å²) in [5.41, 5.74) is 0. The SMILES string of the molecule is CCCCOCCCCOCCCO. The third kappa shape index (κ3) is 11.9. The van der Waals surface area contributed by atoms with Crippen molar-refractivity contribution in [2.24, 2.45) is 0 Å². The Morgan fingerprint density at radius 1 is 0.786 bits per heavy atom. The second kappa shape index (κ2) is 12.9. The standard InChI is InChI=1S/C11H24O3/c1-2-3-8-13-9-4-5-10-14-11-6-7-12/h12H,2-11H2,1H3. The molecule has 0 rings (SSSR count). The first kappa shape index (κ1) is 13.9. The summed E-state index contributed by atoms with van der Waals surface area (Å²) < 4.78 is 10.7. The second-order valence-corrected chi connectivity index (χ2v) is 3.36. The summed E-state index contributed by atoms with van der Waals surface area (Å²) in [5, 5.41) is 8.49. The maximum atomic E-state index is 8.49. The predicted octanol–water partition coefficient (Wildman–Crippen LogP) is 1.98. The van der Waals surface area contributed by atoms with E-state index in [9.17, 15) is 0 Å². The summed E-state index contributed by atoms with van der Waals surface area (Å²) in [7, 11) is 0. The monoisotopic (exact) mass is 204 g/mol. The van der Waals surface area contributed by atoms with E-state index in [-0.39, 0.29) is 6.61 Å². The third-order valence-electron chi connectivity index (χ3n) is 1.92. The van der Waals surface area contributed by atoms with Crippen LogP contribution in [0, 0.1) is 0 Å². The van der Waals surface area contributed by atoms with Crippen molar-refractivity contribution in [3.63, 3.8) is 0 Å². The minimum Gasteiger partial charge on any atom is -0.396 e. The van der Waals surface area contributed by atoms with Crippen LogP contribution in [-0.4, -0.2) is 38.1 Å². The molecule has 0 aromatic carbocycles. The van der Waals surface area contributed by atoms with E-state index in [0.29, 0.717) is 6.61 Å². The number of hydrogen-bond acceptors (Lipinski definition) is 3. The van der Waals surface area contributed by atoms with Crippen LogP contribution >= 0.6 is 0 Å². The van der Waals surface area contributed by atoms with E-state index >= 15 is 0 Å². The van der Waals surface area contributed by atoms with E-state index in [1.165, 1.54) is 6.42 Å². The first-order valence-corrected chi connectivity index (χ1v) is 5.68. The lowest BCUT2D eigenvalue weighted by Crippen LogP contribution is -2.02. The van der Waals surface area contributed by atoms with Crippen LogP contribution in [0.25, 0.3) is 0 Å². The molecule has 0 aromatic heterocycles. The van der Waals surface area contributed by atoms with Crippen LogP contribution in [0.3, 0.4) is 0 Å². The molecular formula is C11H24O3. The van der Waals surface area contributed by atoms with Crippen molar-refractivity contribution in [1.82, 2.24) is 0 Å². The Morgan fingerprint density at radius 2 is 1.29 bits per heavy atom. The highest BCUT2D eigenvalue weighted by Crippen LogP contribution is 1.94. The molecule has 0 aliphatic carbocycles. The van der Waals surface area contributed by atoms with Gasteiger partial charge in [-0.1, -0.05) is 13.3 Å². The Balaban J connectivity index is 2.78. The zero-order chi connectivity index (χ0) is 10.5. The fourth-order valence-electron chi connectivity index (χ4n) is 1.03. The van der Waals surface area contributed by atoms with Crippen LogP contribution in [0.5, 0.6) is 0 Å². The highest BCUT2D eigenvalue weighted by Gasteiger charge is 1.91. The highest BCUT2D eigenvalue weighted by molar-refractivity contribution is 4.40. The van der Waals surface area contributed by atoms with Gasteiger partial charge < -0.3 is 14.6 Å². The average Bonchev–Trinajstić information content (AvgIpc) is 2.21. The molecule has 1 N–H and O–H groups in total. The van der Waals surface area contributed by atoms with Crippen LogP contribution in [0.15, 0.2) is 0 Å². The van der Waals surface area contributed by atoms with Crippen LogP contribution < -0.4 is 0 Å². The zero-order valence-electron chi connectivity index (χ0n) is 9.33. The van der Waals surface area contributed by atoms with E-state index in [2.05, 4.69) is 6.92 Å². The molecule has 0 aliphatic rings. The van der Waals surface area contributed by atoms with Gasteiger partial charge in [-0.15, -0.1) is 0 Å². The molecule has 0 saturated carbocycles. The second-order valence-electron chi connectivity index (χ2n) is 3.36. The topological polar surface area (TPSA) is 38.7 Å². The molecule has 0 bridgehead atoms. The molecule has 0 atom stereocenters. The summed E-state index contributed by atoms with van der Waals surface area (Å²) in [6, 6.07) is 0. The van der Waals surface area contributed by atoms with Gasteiger partial charge in [0, 0.05) is 33.0 Å². The third-order valence-corrected chi connectivity index (χ3v) is 1.92. The smallest absolute Gasteiger partial charge is 0.0487 e. The zero-order valence-corrected chi connectivity index (χ0v) is 9.33. The number of aliphatic hydroxyl groups excluding tert-OH is 1. The fourth-order valence-corrected chi connectivity index (χ4v) is 1.03. The van der Waals surface area contributed by atoms with E-state index in [0.717, 1.165) is 45.5 Å². The Morgan fingerprint density at radius 3 is 1.79 bits per heavy atom. The van der Waals surface area contributed by atoms with Gasteiger partial charge in [-0.2, -0.15) is 0 Å². The van der Waals surface area contributed by atoms with Crippen molar-refractivity contribution in [1.29, 1.82) is 0 Å². The molecule has 86 valence electrons. The van der Waals surface area contributed by atoms with Gasteiger partial charge >= 0.3 is 0 Å². The van der Waals surface area contributed by atoms with Gasteiger partial charge in [-0.25, -0.2) is 0 Å². The van der Waals surface area contributed by atoms with Crippen LogP contribution in [-0.2, 0) is 9.47 Å². The molecule has 0 aliphatic heterocycles. The minimum atomic E-state index is 0.222. The van der Waals surface area contributed by atoms with Gasteiger partial charge in [0.05, 0.1) is 0 Å². The quantitative estimate of drug-likeness (QED) is 0.523. The summed E-state index contributed by atoms with van der Waals surface area (Å²) in [6.45, 7) is 5.59. The van der Waals surface area contributed by atoms with Gasteiger partial charge in [-0.05, 0) is 25.7 Å².